The van der Waals surface area contributed by atoms with Gasteiger partial charge in [-0.05, 0) is 55.0 Å². The van der Waals surface area contributed by atoms with Crippen LogP contribution >= 0.6 is 11.3 Å². The van der Waals surface area contributed by atoms with Gasteiger partial charge >= 0.3 is 5.97 Å². The average molecular weight is 461 g/mol. The smallest absolute Gasteiger partial charge is 0.313 e. The lowest BCUT2D eigenvalue weighted by molar-refractivity contribution is -0.142. The van der Waals surface area contributed by atoms with Crippen LogP contribution < -0.4 is 16.0 Å². The summed E-state index contributed by atoms with van der Waals surface area (Å²) in [5.74, 6) is -0.818. The van der Waals surface area contributed by atoms with Gasteiger partial charge in [-0.1, -0.05) is 36.4 Å². The molecule has 7 heteroatoms. The number of carboxylic acid groups (broad SMARTS) is 1. The van der Waals surface area contributed by atoms with Gasteiger partial charge in [0, 0.05) is 18.0 Å². The van der Waals surface area contributed by atoms with Gasteiger partial charge in [0.25, 0.3) is 0 Å². The van der Waals surface area contributed by atoms with Crippen LogP contribution in [-0.4, -0.2) is 30.2 Å². The van der Waals surface area contributed by atoms with Crippen molar-refractivity contribution in [1.29, 1.82) is 5.26 Å². The summed E-state index contributed by atoms with van der Waals surface area (Å²) in [4.78, 5) is 12.7. The van der Waals surface area contributed by atoms with Crippen LogP contribution in [0.3, 0.4) is 0 Å². The minimum atomic E-state index is -0.891. The molecule has 3 aromatic rings. The highest BCUT2D eigenvalue weighted by atomic mass is 32.1. The van der Waals surface area contributed by atoms with Crippen LogP contribution in [-0.2, 0) is 16.6 Å². The van der Waals surface area contributed by atoms with Crippen molar-refractivity contribution in [3.8, 4) is 6.07 Å². The van der Waals surface area contributed by atoms with Gasteiger partial charge < -0.3 is 21.1 Å². The molecule has 0 saturated heterocycles. The van der Waals surface area contributed by atoms with Crippen molar-refractivity contribution in [1.82, 2.24) is 5.32 Å². The minimum Gasteiger partial charge on any atom is -0.481 e. The van der Waals surface area contributed by atoms with Gasteiger partial charge in [0.1, 0.15) is 6.07 Å². The third-order valence-corrected chi connectivity index (χ3v) is 7.23. The molecule has 2 aromatic carbocycles. The fourth-order valence-electron chi connectivity index (χ4n) is 4.07. The normalized spacial score (nSPS) is 16.1. The van der Waals surface area contributed by atoms with Gasteiger partial charge in [0.15, 0.2) is 0 Å². The number of nitrogens with one attached hydrogen (secondary N) is 3. The average Bonchev–Trinajstić information content (AvgIpc) is 3.31. The molecule has 0 fully saturated rings. The minimum absolute atomic E-state index is 0.0356. The molecule has 4 rings (SSSR count). The summed E-state index contributed by atoms with van der Waals surface area (Å²) in [6.07, 6.45) is 0.809. The summed E-state index contributed by atoms with van der Waals surface area (Å²) in [7, 11) is 0. The van der Waals surface area contributed by atoms with Gasteiger partial charge in [-0.15, -0.1) is 11.3 Å². The molecule has 0 amide bonds. The molecule has 0 saturated carbocycles. The first-order valence-corrected chi connectivity index (χ1v) is 11.9. The zero-order valence-electron chi connectivity index (χ0n) is 18.8. The monoisotopic (exact) mass is 460 g/mol. The number of nitriles is 1. The van der Waals surface area contributed by atoms with Gasteiger partial charge in [-0.25, -0.2) is 0 Å². The van der Waals surface area contributed by atoms with E-state index in [4.69, 9.17) is 0 Å². The van der Waals surface area contributed by atoms with E-state index >= 15 is 0 Å². The Morgan fingerprint density at radius 1 is 1.27 bits per heavy atom. The fourth-order valence-corrected chi connectivity index (χ4v) is 5.13. The molecule has 2 heterocycles. The van der Waals surface area contributed by atoms with E-state index in [0.29, 0.717) is 5.56 Å². The molecule has 0 radical (unpaired) electrons. The Kier molecular flexibility index (Phi) is 6.68. The Morgan fingerprint density at radius 2 is 2.06 bits per heavy atom. The number of carboxylic acids is 1. The number of anilines is 2. The number of rotatable bonds is 8. The van der Waals surface area contributed by atoms with Gasteiger partial charge in [-0.2, -0.15) is 5.26 Å². The number of fused-ring (bicyclic) bond motifs is 1. The molecular formula is C26H28N4O2S. The summed E-state index contributed by atoms with van der Waals surface area (Å²) < 4.78 is 0. The number of aliphatic carboxylic acids is 1. The van der Waals surface area contributed by atoms with Crippen LogP contribution in [0.15, 0.2) is 60.0 Å². The number of para-hydroxylation sites is 1. The third-order valence-electron chi connectivity index (χ3n) is 6.23. The van der Waals surface area contributed by atoms with Gasteiger partial charge in [0.2, 0.25) is 0 Å². The summed E-state index contributed by atoms with van der Waals surface area (Å²) >= 11 is 1.61. The van der Waals surface area contributed by atoms with Gasteiger partial charge in [-0.3, -0.25) is 4.79 Å². The highest BCUT2D eigenvalue weighted by Crippen LogP contribution is 2.33. The maximum absolute atomic E-state index is 11.6. The van der Waals surface area contributed by atoms with E-state index in [1.54, 1.807) is 25.2 Å². The topological polar surface area (TPSA) is 97.2 Å². The standard InChI is InChI=1S/C26H28N4O2S/c1-26(2,25(31)32)19-13-20(33-16-19)11-12-28-23(17-7-4-3-5-8-17)22-15-29-21-10-6-9-18(14-27)24(21)30-22/h3-10,13,16,22-23,28-30H,11-12,15H2,1-2H3,(H,31,32)/t22-,23-/m1/s1. The van der Waals surface area contributed by atoms with E-state index in [1.165, 1.54) is 5.56 Å². The molecule has 4 N–H and O–H groups in total. The van der Waals surface area contributed by atoms with Crippen molar-refractivity contribution in [2.24, 2.45) is 0 Å². The molecule has 0 spiro atoms. The van der Waals surface area contributed by atoms with E-state index in [1.807, 2.05) is 47.8 Å². The van der Waals surface area contributed by atoms with E-state index < -0.39 is 11.4 Å². The molecule has 170 valence electrons. The van der Waals surface area contributed by atoms with E-state index in [9.17, 15) is 15.2 Å². The van der Waals surface area contributed by atoms with Crippen LogP contribution in [0.2, 0.25) is 0 Å². The summed E-state index contributed by atoms with van der Waals surface area (Å²) in [6.45, 7) is 4.95. The number of thiophene rings is 1. The highest BCUT2D eigenvalue weighted by Gasteiger charge is 2.31. The van der Waals surface area contributed by atoms with Crippen molar-refractivity contribution < 1.29 is 9.90 Å². The highest BCUT2D eigenvalue weighted by molar-refractivity contribution is 7.10. The Hall–Kier alpha value is -3.34. The molecule has 2 atom stereocenters. The molecular weight excluding hydrogens is 432 g/mol. The molecule has 6 nitrogen and oxygen atoms in total. The molecule has 1 aromatic heterocycles. The largest absolute Gasteiger partial charge is 0.481 e. The molecule has 0 unspecified atom stereocenters. The zero-order valence-corrected chi connectivity index (χ0v) is 19.6. The third kappa shape index (κ3) is 4.87. The Balaban J connectivity index is 1.49. The van der Waals surface area contributed by atoms with Crippen molar-refractivity contribution in [3.63, 3.8) is 0 Å². The number of hydrogen-bond acceptors (Lipinski definition) is 6. The van der Waals surface area contributed by atoms with Crippen LogP contribution in [0.4, 0.5) is 11.4 Å². The van der Waals surface area contributed by atoms with E-state index in [2.05, 4.69) is 34.2 Å². The lowest BCUT2D eigenvalue weighted by atomic mass is 9.86. The number of nitrogens with zero attached hydrogens (tertiary/aromatic N) is 1. The van der Waals surface area contributed by atoms with E-state index in [0.717, 1.165) is 41.3 Å². The summed E-state index contributed by atoms with van der Waals surface area (Å²) in [6, 6.07) is 20.4. The molecule has 33 heavy (non-hydrogen) atoms. The first-order chi connectivity index (χ1) is 15.9. The maximum atomic E-state index is 11.6. The lowest BCUT2D eigenvalue weighted by Gasteiger charge is -2.35. The number of carbonyl (C=O) groups is 1. The molecule has 1 aliphatic rings. The van der Waals surface area contributed by atoms with Crippen LogP contribution in [0, 0.1) is 11.3 Å². The second-order valence-electron chi connectivity index (χ2n) is 8.80. The number of benzene rings is 2. The summed E-state index contributed by atoms with van der Waals surface area (Å²) in [5, 5.41) is 31.7. The van der Waals surface area contributed by atoms with Crippen molar-refractivity contribution >= 4 is 28.7 Å². The predicted octanol–water partition coefficient (Wildman–Crippen LogP) is 4.76. The fraction of sp³-hybridized carbons (Fsp3) is 0.308. The van der Waals surface area contributed by atoms with E-state index in [-0.39, 0.29) is 12.1 Å². The number of hydrogen-bond donors (Lipinski definition) is 4. The zero-order chi connectivity index (χ0) is 23.4. The lowest BCUT2D eigenvalue weighted by Crippen LogP contribution is -2.44. The first kappa shape index (κ1) is 22.8. The molecule has 1 aliphatic heterocycles. The van der Waals surface area contributed by atoms with Gasteiger partial charge in [0.05, 0.1) is 34.4 Å². The molecule has 0 aliphatic carbocycles. The van der Waals surface area contributed by atoms with Crippen LogP contribution in [0.1, 0.15) is 41.5 Å². The maximum Gasteiger partial charge on any atom is 0.313 e. The Labute approximate surface area is 198 Å². The Bertz CT molecular complexity index is 1170. The SMILES string of the molecule is CC(C)(C(=O)O)c1csc(CCN[C@H](c2ccccc2)[C@H]2CNc3cccc(C#N)c3N2)c1. The molecule has 0 bridgehead atoms. The second kappa shape index (κ2) is 9.65. The summed E-state index contributed by atoms with van der Waals surface area (Å²) in [5.41, 5.74) is 3.55. The first-order valence-electron chi connectivity index (χ1n) is 11.0. The predicted molar refractivity (Wildman–Crippen MR) is 133 cm³/mol. The van der Waals surface area contributed by atoms with Crippen molar-refractivity contribution in [2.75, 3.05) is 23.7 Å². The van der Waals surface area contributed by atoms with Crippen LogP contribution in [0.25, 0.3) is 0 Å². The van der Waals surface area contributed by atoms with Crippen molar-refractivity contribution in [2.45, 2.75) is 37.8 Å². The quantitative estimate of drug-likeness (QED) is 0.387. The van der Waals surface area contributed by atoms with Crippen LogP contribution in [0.5, 0.6) is 0 Å². The second-order valence-corrected chi connectivity index (χ2v) is 9.79. The van der Waals surface area contributed by atoms with Crippen molar-refractivity contribution in [3.05, 3.63) is 81.5 Å². The Morgan fingerprint density at radius 3 is 2.79 bits per heavy atom.